The quantitative estimate of drug-likeness (QED) is 0.643. The van der Waals surface area contributed by atoms with Crippen molar-refractivity contribution in [2.45, 2.75) is 20.4 Å². The van der Waals surface area contributed by atoms with Gasteiger partial charge in [0.1, 0.15) is 12.1 Å². The average molecular weight is 301 g/mol. The molecule has 0 heterocycles. The van der Waals surface area contributed by atoms with E-state index in [0.29, 0.717) is 18.6 Å². The molecule has 0 aliphatic rings. The third kappa shape index (κ3) is 5.31. The molecule has 1 aromatic rings. The summed E-state index contributed by atoms with van der Waals surface area (Å²) in [7, 11) is 0. The topological polar surface area (TPSA) is 61.5 Å². The van der Waals surface area contributed by atoms with Crippen LogP contribution in [-0.4, -0.2) is 25.6 Å². The average Bonchev–Trinajstić information content (AvgIpc) is 2.33. The number of rotatable bonds is 6. The van der Waals surface area contributed by atoms with Crippen LogP contribution in [0.1, 0.15) is 16.7 Å². The van der Waals surface area contributed by atoms with Gasteiger partial charge in [-0.1, -0.05) is 11.8 Å². The fourth-order valence-electron chi connectivity index (χ4n) is 1.73. The zero-order valence-electron chi connectivity index (χ0n) is 11.5. The summed E-state index contributed by atoms with van der Waals surface area (Å²) in [6, 6.07) is 3.76. The number of carbonyl (C=O) groups excluding carboxylic acids is 1. The molecule has 1 rings (SSSR count). The lowest BCUT2D eigenvalue weighted by molar-refractivity contribution is -0.143. The third-order valence-corrected chi connectivity index (χ3v) is 3.57. The minimum absolute atomic E-state index is 0.0919. The van der Waals surface area contributed by atoms with Crippen molar-refractivity contribution < 1.29 is 14.3 Å². The Morgan fingerprint density at radius 2 is 1.95 bits per heavy atom. The Hall–Kier alpha value is -0.900. The molecule has 0 fully saturated rings. The van der Waals surface area contributed by atoms with Gasteiger partial charge in [-0.05, 0) is 56.0 Å². The number of nitrogens with two attached hydrogens (primary N) is 1. The lowest BCUT2D eigenvalue weighted by Crippen LogP contribution is -2.15. The van der Waals surface area contributed by atoms with Gasteiger partial charge < -0.3 is 15.2 Å². The van der Waals surface area contributed by atoms with Crippen molar-refractivity contribution in [3.05, 3.63) is 28.8 Å². The Balaban J connectivity index is 2.59. The monoisotopic (exact) mass is 301 g/mol. The first-order valence-electron chi connectivity index (χ1n) is 6.02. The number of ether oxygens (including phenoxy) is 2. The number of aryl methyl sites for hydroxylation is 2. The highest BCUT2D eigenvalue weighted by Gasteiger charge is 2.07. The minimum Gasteiger partial charge on any atom is -0.482 e. The minimum atomic E-state index is -0.963. The summed E-state index contributed by atoms with van der Waals surface area (Å²) in [5.74, 6) is 0.275. The van der Waals surface area contributed by atoms with Crippen molar-refractivity contribution in [2.75, 3.05) is 19.6 Å². The molecule has 0 spiro atoms. The summed E-state index contributed by atoms with van der Waals surface area (Å²) in [5, 5.41) is 0. The molecule has 0 amide bonds. The van der Waals surface area contributed by atoms with Crippen LogP contribution in [0.4, 0.5) is 0 Å². The standard InChI is InChI=1S/C13H20NO3PS/c1-9-4-11(5-10(2)12(9)6-14)16-7-13(15)17-8-18(3)19/h4-5,18H,6-8,14H2,1-3H3. The molecule has 1 aromatic carbocycles. The first-order chi connectivity index (χ1) is 8.93. The Bertz CT molecular complexity index is 468. The fourth-order valence-corrected chi connectivity index (χ4v) is 2.27. The van der Waals surface area contributed by atoms with Gasteiger partial charge in [-0.15, -0.1) is 0 Å². The van der Waals surface area contributed by atoms with Crippen LogP contribution in [0.25, 0.3) is 0 Å². The summed E-state index contributed by atoms with van der Waals surface area (Å²) < 4.78 is 10.4. The number of benzene rings is 1. The molecule has 19 heavy (non-hydrogen) atoms. The van der Waals surface area contributed by atoms with Crippen molar-refractivity contribution >= 4 is 24.5 Å². The molecule has 6 heteroatoms. The van der Waals surface area contributed by atoms with E-state index in [1.54, 1.807) is 0 Å². The maximum atomic E-state index is 11.4. The van der Waals surface area contributed by atoms with Crippen LogP contribution in [-0.2, 0) is 27.9 Å². The predicted molar refractivity (Wildman–Crippen MR) is 81.9 cm³/mol. The molecule has 0 aliphatic heterocycles. The molecule has 106 valence electrons. The highest BCUT2D eigenvalue weighted by molar-refractivity contribution is 8.04. The van der Waals surface area contributed by atoms with Crippen molar-refractivity contribution in [2.24, 2.45) is 5.73 Å². The SMILES string of the molecule is Cc1cc(OCC(=O)OC[PH](C)=S)cc(C)c1CN. The van der Waals surface area contributed by atoms with Gasteiger partial charge in [0.15, 0.2) is 6.61 Å². The van der Waals surface area contributed by atoms with Crippen LogP contribution in [0, 0.1) is 13.8 Å². The van der Waals surface area contributed by atoms with Gasteiger partial charge in [0.2, 0.25) is 0 Å². The third-order valence-electron chi connectivity index (χ3n) is 2.67. The first kappa shape index (κ1) is 16.2. The summed E-state index contributed by atoms with van der Waals surface area (Å²) >= 11 is 5.01. The zero-order valence-corrected chi connectivity index (χ0v) is 13.3. The summed E-state index contributed by atoms with van der Waals surface area (Å²) in [4.78, 5) is 11.4. The van der Waals surface area contributed by atoms with E-state index in [2.05, 4.69) is 0 Å². The highest BCUT2D eigenvalue weighted by Crippen LogP contribution is 2.21. The first-order valence-corrected chi connectivity index (χ1v) is 9.36. The lowest BCUT2D eigenvalue weighted by atomic mass is 10.0. The Morgan fingerprint density at radius 3 is 2.42 bits per heavy atom. The van der Waals surface area contributed by atoms with E-state index in [1.165, 1.54) is 0 Å². The van der Waals surface area contributed by atoms with E-state index >= 15 is 0 Å². The molecule has 0 aromatic heterocycles. The molecule has 0 saturated carbocycles. The van der Waals surface area contributed by atoms with Gasteiger partial charge in [-0.2, -0.15) is 0 Å². The molecule has 0 radical (unpaired) electrons. The molecule has 0 aliphatic carbocycles. The predicted octanol–water partition coefficient (Wildman–Crippen LogP) is 1.95. The Morgan fingerprint density at radius 1 is 1.37 bits per heavy atom. The number of esters is 1. The van der Waals surface area contributed by atoms with Gasteiger partial charge in [0.25, 0.3) is 0 Å². The van der Waals surface area contributed by atoms with E-state index in [-0.39, 0.29) is 12.6 Å². The zero-order chi connectivity index (χ0) is 14.4. The molecule has 4 nitrogen and oxygen atoms in total. The van der Waals surface area contributed by atoms with E-state index in [4.69, 9.17) is 27.0 Å². The van der Waals surface area contributed by atoms with Gasteiger partial charge in [0.05, 0.1) is 0 Å². The van der Waals surface area contributed by atoms with Crippen LogP contribution < -0.4 is 10.5 Å². The van der Waals surface area contributed by atoms with Crippen LogP contribution in [0.2, 0.25) is 0 Å². The van der Waals surface area contributed by atoms with Gasteiger partial charge in [-0.3, -0.25) is 0 Å². The normalized spacial score (nSPS) is 12.0. The maximum Gasteiger partial charge on any atom is 0.344 e. The second-order valence-electron chi connectivity index (χ2n) is 4.39. The molecule has 1 atom stereocenters. The molecule has 0 bridgehead atoms. The number of carbonyl (C=O) groups is 1. The van der Waals surface area contributed by atoms with Crippen LogP contribution in [0.5, 0.6) is 5.75 Å². The number of hydrogen-bond donors (Lipinski definition) is 1. The molecule has 0 saturated heterocycles. The fraction of sp³-hybridized carbons (Fsp3) is 0.462. The van der Waals surface area contributed by atoms with Gasteiger partial charge in [-0.25, -0.2) is 4.79 Å². The molecular formula is C13H20NO3PS. The molecule has 2 N–H and O–H groups in total. The van der Waals surface area contributed by atoms with Crippen LogP contribution >= 0.6 is 6.70 Å². The van der Waals surface area contributed by atoms with Crippen LogP contribution in [0.3, 0.4) is 0 Å². The largest absolute Gasteiger partial charge is 0.482 e. The van der Waals surface area contributed by atoms with Crippen LogP contribution in [0.15, 0.2) is 12.1 Å². The van der Waals surface area contributed by atoms with Crippen molar-refractivity contribution in [1.29, 1.82) is 0 Å². The Labute approximate surface area is 119 Å². The molecule has 1 unspecified atom stereocenters. The lowest BCUT2D eigenvalue weighted by Gasteiger charge is -2.12. The second kappa shape index (κ2) is 7.63. The summed E-state index contributed by atoms with van der Waals surface area (Å²) in [6.07, 6.45) is 0.340. The van der Waals surface area contributed by atoms with E-state index in [0.717, 1.165) is 16.7 Å². The Kier molecular flexibility index (Phi) is 6.49. The van der Waals surface area contributed by atoms with E-state index in [9.17, 15) is 4.79 Å². The number of hydrogen-bond acceptors (Lipinski definition) is 5. The van der Waals surface area contributed by atoms with Gasteiger partial charge >= 0.3 is 5.97 Å². The highest BCUT2D eigenvalue weighted by atomic mass is 32.4. The smallest absolute Gasteiger partial charge is 0.344 e. The second-order valence-corrected chi connectivity index (χ2v) is 8.17. The summed E-state index contributed by atoms with van der Waals surface area (Å²) in [5.41, 5.74) is 8.91. The maximum absolute atomic E-state index is 11.4. The van der Waals surface area contributed by atoms with E-state index in [1.807, 2.05) is 32.6 Å². The van der Waals surface area contributed by atoms with Crippen molar-refractivity contribution in [3.63, 3.8) is 0 Å². The van der Waals surface area contributed by atoms with Crippen molar-refractivity contribution in [1.82, 2.24) is 0 Å². The molecular weight excluding hydrogens is 281 g/mol. The summed E-state index contributed by atoms with van der Waals surface area (Å²) in [6.45, 7) is 5.31. The van der Waals surface area contributed by atoms with Gasteiger partial charge in [0, 0.05) is 6.54 Å². The van der Waals surface area contributed by atoms with E-state index < -0.39 is 6.70 Å². The van der Waals surface area contributed by atoms with Crippen molar-refractivity contribution in [3.8, 4) is 5.75 Å².